The van der Waals surface area contributed by atoms with Crippen molar-refractivity contribution >= 4 is 50.9 Å². The van der Waals surface area contributed by atoms with Crippen LogP contribution in [0.2, 0.25) is 0 Å². The van der Waals surface area contributed by atoms with Crippen molar-refractivity contribution in [2.45, 2.75) is 64.0 Å². The molecule has 1 saturated carbocycles. The Balaban J connectivity index is 1.30. The second-order valence-corrected chi connectivity index (χ2v) is 12.8. The number of carbonyl (C=O) groups is 4. The maximum absolute atomic E-state index is 15.5. The summed E-state index contributed by atoms with van der Waals surface area (Å²) in [6.45, 7) is 4.32. The summed E-state index contributed by atoms with van der Waals surface area (Å²) in [5.41, 5.74) is 0.969. The summed E-state index contributed by atoms with van der Waals surface area (Å²) in [5, 5.41) is 10.9. The van der Waals surface area contributed by atoms with Crippen LogP contribution in [0.5, 0.6) is 0 Å². The third-order valence-corrected chi connectivity index (χ3v) is 9.69. The fourth-order valence-corrected chi connectivity index (χ4v) is 6.99. The molecule has 4 amide bonds. The van der Waals surface area contributed by atoms with Crippen LogP contribution in [-0.2, 0) is 20.8 Å². The first kappa shape index (κ1) is 32.5. The Hall–Kier alpha value is -3.90. The number of nitrogens with zero attached hydrogens (tertiary/aromatic N) is 3. The van der Waals surface area contributed by atoms with Gasteiger partial charge in [-0.2, -0.15) is 0 Å². The van der Waals surface area contributed by atoms with Crippen LogP contribution in [0, 0.1) is 11.7 Å². The number of piperazine rings is 1. The first-order valence-electron chi connectivity index (χ1n) is 15.7. The normalized spacial score (nSPS) is 17.4. The molecule has 3 N–H and O–H groups in total. The van der Waals surface area contributed by atoms with Gasteiger partial charge >= 0.3 is 0 Å². The maximum Gasteiger partial charge on any atom is 0.253 e. The summed E-state index contributed by atoms with van der Waals surface area (Å²) in [5.74, 6) is -2.01. The highest BCUT2D eigenvalue weighted by molar-refractivity contribution is 7.17. The molecular weight excluding hydrogens is 595 g/mol. The Morgan fingerprint density at radius 1 is 1.04 bits per heavy atom. The number of hydrogen-bond acceptors (Lipinski definition) is 7. The van der Waals surface area contributed by atoms with Gasteiger partial charge in [0.25, 0.3) is 5.91 Å². The van der Waals surface area contributed by atoms with Crippen LogP contribution in [0.4, 0.5) is 10.1 Å². The van der Waals surface area contributed by atoms with Gasteiger partial charge in [0.15, 0.2) is 0 Å². The number of benzene rings is 1. The lowest BCUT2D eigenvalue weighted by atomic mass is 9.83. The number of anilines is 1. The molecule has 5 rings (SSSR count). The molecule has 2 aliphatic rings. The van der Waals surface area contributed by atoms with Crippen molar-refractivity contribution in [1.29, 1.82) is 0 Å². The van der Waals surface area contributed by atoms with Crippen LogP contribution in [0.1, 0.15) is 61.4 Å². The van der Waals surface area contributed by atoms with Crippen molar-refractivity contribution < 1.29 is 23.6 Å². The summed E-state index contributed by atoms with van der Waals surface area (Å²) in [6.07, 6.45) is 6.59. The molecule has 1 aromatic carbocycles. The van der Waals surface area contributed by atoms with Gasteiger partial charge in [-0.15, -0.1) is 11.3 Å². The highest BCUT2D eigenvalue weighted by Gasteiger charge is 2.33. The monoisotopic (exact) mass is 636 g/mol. The van der Waals surface area contributed by atoms with Crippen molar-refractivity contribution in [3.63, 3.8) is 0 Å². The number of amides is 4. The Labute approximate surface area is 266 Å². The average molecular weight is 637 g/mol. The zero-order chi connectivity index (χ0) is 31.9. The summed E-state index contributed by atoms with van der Waals surface area (Å²) in [7, 11) is 2.00. The molecule has 12 heteroatoms. The predicted molar refractivity (Wildman–Crippen MR) is 172 cm³/mol. The molecule has 1 aliphatic heterocycles. The molecule has 2 atom stereocenters. The van der Waals surface area contributed by atoms with Gasteiger partial charge in [0, 0.05) is 56.0 Å². The quantitative estimate of drug-likeness (QED) is 0.310. The molecule has 240 valence electrons. The van der Waals surface area contributed by atoms with E-state index < -0.39 is 23.8 Å². The molecule has 3 heterocycles. The zero-order valence-corrected chi connectivity index (χ0v) is 26.6. The van der Waals surface area contributed by atoms with Crippen LogP contribution in [0.25, 0.3) is 10.2 Å². The maximum atomic E-state index is 15.5. The summed E-state index contributed by atoms with van der Waals surface area (Å²) in [4.78, 5) is 61.5. The Morgan fingerprint density at radius 2 is 1.80 bits per heavy atom. The number of fused-ring (bicyclic) bond motifs is 1. The molecule has 1 aliphatic carbocycles. The Morgan fingerprint density at radius 3 is 2.51 bits per heavy atom. The lowest BCUT2D eigenvalue weighted by Crippen LogP contribution is -2.54. The van der Waals surface area contributed by atoms with Crippen molar-refractivity contribution in [1.82, 2.24) is 25.4 Å². The molecule has 0 unspecified atom stereocenters. The smallest absolute Gasteiger partial charge is 0.253 e. The van der Waals surface area contributed by atoms with Gasteiger partial charge in [-0.3, -0.25) is 19.2 Å². The Bertz CT molecular complexity index is 1530. The van der Waals surface area contributed by atoms with E-state index in [2.05, 4.69) is 25.8 Å². The number of nitrogens with one attached hydrogen (secondary N) is 3. The van der Waals surface area contributed by atoms with E-state index >= 15 is 4.39 Å². The molecule has 1 saturated heterocycles. The van der Waals surface area contributed by atoms with Gasteiger partial charge in [0.05, 0.1) is 11.3 Å². The van der Waals surface area contributed by atoms with Crippen molar-refractivity contribution in [2.24, 2.45) is 5.92 Å². The highest BCUT2D eigenvalue weighted by atomic mass is 32.1. The SMILES string of the molecule is CCC(=O)N[C@H](Cc1ccc(NC(=O)[C@@H](NC(=O)c2csc3ncccc23)C2CCCCC2)c(F)c1)C(=O)N1CCN(C)CC1. The van der Waals surface area contributed by atoms with Crippen LogP contribution in [0.15, 0.2) is 41.9 Å². The van der Waals surface area contributed by atoms with E-state index in [9.17, 15) is 19.2 Å². The second-order valence-electron chi connectivity index (χ2n) is 12.0. The number of halogens is 1. The predicted octanol–water partition coefficient (Wildman–Crippen LogP) is 3.96. The molecule has 3 aromatic rings. The van der Waals surface area contributed by atoms with Crippen molar-refractivity contribution in [2.75, 3.05) is 38.5 Å². The van der Waals surface area contributed by atoms with Crippen LogP contribution in [0.3, 0.4) is 0 Å². The molecule has 10 nitrogen and oxygen atoms in total. The highest BCUT2D eigenvalue weighted by Crippen LogP contribution is 2.29. The lowest BCUT2D eigenvalue weighted by molar-refractivity contribution is -0.137. The molecule has 0 radical (unpaired) electrons. The zero-order valence-electron chi connectivity index (χ0n) is 25.8. The van der Waals surface area contributed by atoms with E-state index in [1.54, 1.807) is 35.5 Å². The molecule has 45 heavy (non-hydrogen) atoms. The van der Waals surface area contributed by atoms with Crippen molar-refractivity contribution in [3.05, 3.63) is 58.9 Å². The number of pyridine rings is 1. The van der Waals surface area contributed by atoms with E-state index in [1.807, 2.05) is 13.1 Å². The van der Waals surface area contributed by atoms with Gasteiger partial charge in [0.2, 0.25) is 17.7 Å². The third-order valence-electron chi connectivity index (χ3n) is 8.79. The summed E-state index contributed by atoms with van der Waals surface area (Å²) >= 11 is 1.37. The molecule has 2 fully saturated rings. The van der Waals surface area contributed by atoms with Crippen molar-refractivity contribution in [3.8, 4) is 0 Å². The molecule has 0 bridgehead atoms. The van der Waals surface area contributed by atoms with Gasteiger partial charge in [0.1, 0.15) is 22.7 Å². The number of likely N-dealkylation sites (N-methyl/N-ethyl adjacent to an activating group) is 1. The van der Waals surface area contributed by atoms with Gasteiger partial charge in [-0.1, -0.05) is 32.3 Å². The van der Waals surface area contributed by atoms with E-state index in [0.717, 1.165) is 55.4 Å². The van der Waals surface area contributed by atoms with E-state index in [4.69, 9.17) is 0 Å². The van der Waals surface area contributed by atoms with E-state index in [-0.39, 0.29) is 42.2 Å². The molecule has 0 spiro atoms. The third kappa shape index (κ3) is 8.04. The average Bonchev–Trinajstić information content (AvgIpc) is 3.49. The summed E-state index contributed by atoms with van der Waals surface area (Å²) < 4.78 is 15.5. The second kappa shape index (κ2) is 14.9. The van der Waals surface area contributed by atoms with Gasteiger partial charge < -0.3 is 25.8 Å². The standard InChI is InChI=1S/C33H41FN6O4S/c1-3-28(41)36-27(33(44)40-16-14-39(2)15-17-40)19-21-11-12-26(25(34)18-21)37-31(43)29(22-8-5-4-6-9-22)38-30(42)24-20-45-32-23(24)10-7-13-35-32/h7,10-13,18,20,22,27,29H,3-6,8-9,14-17,19H2,1-2H3,(H,36,41)(H,37,43)(H,38,42)/t27-,29+/m1/s1. The first-order valence-corrected chi connectivity index (χ1v) is 16.6. The number of rotatable bonds is 10. The number of aromatic nitrogens is 1. The minimum atomic E-state index is -0.835. The minimum absolute atomic E-state index is 0.0106. The fourth-order valence-electron chi connectivity index (χ4n) is 6.10. The Kier molecular flexibility index (Phi) is 10.8. The van der Waals surface area contributed by atoms with E-state index in [0.29, 0.717) is 24.2 Å². The topological polar surface area (TPSA) is 124 Å². The molecular formula is C33H41FN6O4S. The largest absolute Gasteiger partial charge is 0.344 e. The number of hydrogen-bond donors (Lipinski definition) is 3. The number of thiophene rings is 1. The minimum Gasteiger partial charge on any atom is -0.344 e. The lowest BCUT2D eigenvalue weighted by Gasteiger charge is -2.34. The first-order chi connectivity index (χ1) is 21.7. The number of carbonyl (C=O) groups excluding carboxylic acids is 4. The summed E-state index contributed by atoms with van der Waals surface area (Å²) in [6, 6.07) is 6.35. The van der Waals surface area contributed by atoms with Crippen LogP contribution in [-0.4, -0.2) is 83.7 Å². The van der Waals surface area contributed by atoms with Crippen LogP contribution >= 0.6 is 11.3 Å². The van der Waals surface area contributed by atoms with Gasteiger partial charge in [-0.25, -0.2) is 9.37 Å². The molecule has 2 aromatic heterocycles. The fraction of sp³-hybridized carbons (Fsp3) is 0.485. The van der Waals surface area contributed by atoms with Crippen LogP contribution < -0.4 is 16.0 Å². The van der Waals surface area contributed by atoms with Gasteiger partial charge in [-0.05, 0) is 55.6 Å². The van der Waals surface area contributed by atoms with E-state index in [1.165, 1.54) is 23.5 Å².